The molecule has 1 aliphatic rings. The lowest BCUT2D eigenvalue weighted by Crippen LogP contribution is -2.34. The predicted octanol–water partition coefficient (Wildman–Crippen LogP) is 2.60. The maximum Gasteiger partial charge on any atom is 0.433 e. The summed E-state index contributed by atoms with van der Waals surface area (Å²) in [5.41, 5.74) is 0. The zero-order valence-corrected chi connectivity index (χ0v) is 13.3. The third kappa shape index (κ3) is 3.77. The van der Waals surface area contributed by atoms with Gasteiger partial charge in [0.05, 0.1) is 6.07 Å². The number of nitro groups is 1. The minimum absolute atomic E-state index is 0.0309. The summed E-state index contributed by atoms with van der Waals surface area (Å²) in [5, 5.41) is 12.7. The largest absolute Gasteiger partial charge is 0.433 e. The Hall–Kier alpha value is -2.19. The van der Waals surface area contributed by atoms with Crippen LogP contribution in [0.15, 0.2) is 34.1 Å². The van der Waals surface area contributed by atoms with Crippen LogP contribution in [-0.2, 0) is 6.54 Å². The number of carbonyl (C=O) groups excluding carboxylic acids is 1. The zero-order chi connectivity index (χ0) is 16.2. The van der Waals surface area contributed by atoms with Crippen LogP contribution in [0.5, 0.6) is 0 Å². The number of hydrogen-bond acceptors (Lipinski definition) is 6. The molecule has 1 fully saturated rings. The van der Waals surface area contributed by atoms with Gasteiger partial charge < -0.3 is 9.32 Å². The highest BCUT2D eigenvalue weighted by atomic mass is 32.1. The van der Waals surface area contributed by atoms with E-state index in [1.165, 1.54) is 17.0 Å². The van der Waals surface area contributed by atoms with Crippen LogP contribution >= 0.6 is 11.3 Å². The number of furan rings is 1. The monoisotopic (exact) mass is 335 g/mol. The van der Waals surface area contributed by atoms with E-state index in [4.69, 9.17) is 4.42 Å². The van der Waals surface area contributed by atoms with Crippen molar-refractivity contribution >= 4 is 23.1 Å². The third-order valence-corrected chi connectivity index (χ3v) is 4.68. The normalized spacial score (nSPS) is 16.3. The maximum absolute atomic E-state index is 12.4. The SMILES string of the molecule is O=C(c1ccc([N+](=O)[O-])o1)N1CCCN(Cc2cccs2)CC1. The van der Waals surface area contributed by atoms with Gasteiger partial charge in [0.2, 0.25) is 0 Å². The molecule has 0 aliphatic carbocycles. The zero-order valence-electron chi connectivity index (χ0n) is 12.5. The molecule has 0 unspecified atom stereocenters. The highest BCUT2D eigenvalue weighted by Crippen LogP contribution is 2.19. The van der Waals surface area contributed by atoms with E-state index in [2.05, 4.69) is 16.3 Å². The van der Waals surface area contributed by atoms with E-state index >= 15 is 0 Å². The number of nitrogens with zero attached hydrogens (tertiary/aromatic N) is 3. The predicted molar refractivity (Wildman–Crippen MR) is 85.5 cm³/mol. The molecule has 2 aromatic rings. The van der Waals surface area contributed by atoms with E-state index < -0.39 is 10.8 Å². The van der Waals surface area contributed by atoms with E-state index in [1.807, 2.05) is 6.07 Å². The van der Waals surface area contributed by atoms with Gasteiger partial charge in [-0.05, 0) is 23.9 Å². The smallest absolute Gasteiger partial charge is 0.395 e. The number of hydrogen-bond donors (Lipinski definition) is 0. The van der Waals surface area contributed by atoms with Crippen molar-refractivity contribution in [2.24, 2.45) is 0 Å². The van der Waals surface area contributed by atoms with Crippen LogP contribution in [0.2, 0.25) is 0 Å². The van der Waals surface area contributed by atoms with Crippen molar-refractivity contribution in [3.8, 4) is 0 Å². The Balaban J connectivity index is 1.60. The molecule has 8 heteroatoms. The van der Waals surface area contributed by atoms with Gasteiger partial charge in [-0.3, -0.25) is 19.8 Å². The summed E-state index contributed by atoms with van der Waals surface area (Å²) >= 11 is 1.73. The quantitative estimate of drug-likeness (QED) is 0.634. The molecule has 1 saturated heterocycles. The van der Waals surface area contributed by atoms with Crippen LogP contribution in [0.3, 0.4) is 0 Å². The minimum Gasteiger partial charge on any atom is -0.395 e. The Kier molecular flexibility index (Phi) is 4.73. The van der Waals surface area contributed by atoms with Crippen molar-refractivity contribution in [2.45, 2.75) is 13.0 Å². The molecular weight excluding hydrogens is 318 g/mol. The third-order valence-electron chi connectivity index (χ3n) is 3.82. The van der Waals surface area contributed by atoms with Gasteiger partial charge in [-0.25, -0.2) is 0 Å². The Morgan fingerprint density at radius 1 is 1.26 bits per heavy atom. The van der Waals surface area contributed by atoms with Crippen molar-refractivity contribution in [3.63, 3.8) is 0 Å². The maximum atomic E-state index is 12.4. The molecule has 1 aliphatic heterocycles. The Labute approximate surface area is 137 Å². The Morgan fingerprint density at radius 2 is 2.13 bits per heavy atom. The van der Waals surface area contributed by atoms with Gasteiger partial charge in [0.1, 0.15) is 4.92 Å². The van der Waals surface area contributed by atoms with E-state index in [0.717, 1.165) is 26.1 Å². The second-order valence-electron chi connectivity index (χ2n) is 5.40. The summed E-state index contributed by atoms with van der Waals surface area (Å²) in [5.74, 6) is -0.651. The standard InChI is InChI=1S/C15H17N3O4S/c19-15(13-4-5-14(22-13)18(20)21)17-7-2-6-16(8-9-17)11-12-3-1-10-23-12/h1,3-5,10H,2,6-9,11H2. The van der Waals surface area contributed by atoms with Crippen LogP contribution in [0.4, 0.5) is 5.88 Å². The Morgan fingerprint density at radius 3 is 2.83 bits per heavy atom. The molecular formula is C15H17N3O4S. The molecule has 0 atom stereocenters. The summed E-state index contributed by atoms with van der Waals surface area (Å²) in [6.45, 7) is 3.84. The highest BCUT2D eigenvalue weighted by molar-refractivity contribution is 7.09. The number of thiophene rings is 1. The van der Waals surface area contributed by atoms with Crippen LogP contribution in [0.1, 0.15) is 21.9 Å². The summed E-state index contributed by atoms with van der Waals surface area (Å²) in [4.78, 5) is 27.8. The summed E-state index contributed by atoms with van der Waals surface area (Å²) in [6, 6.07) is 6.74. The van der Waals surface area contributed by atoms with E-state index in [-0.39, 0.29) is 11.7 Å². The van der Waals surface area contributed by atoms with E-state index in [9.17, 15) is 14.9 Å². The number of carbonyl (C=O) groups is 1. The molecule has 0 saturated carbocycles. The second kappa shape index (κ2) is 6.93. The average molecular weight is 335 g/mol. The van der Waals surface area contributed by atoms with Gasteiger partial charge in [-0.15, -0.1) is 11.3 Å². The van der Waals surface area contributed by atoms with Crippen LogP contribution in [0, 0.1) is 10.1 Å². The summed E-state index contributed by atoms with van der Waals surface area (Å²) < 4.78 is 5.01. The molecule has 0 spiro atoms. The molecule has 0 radical (unpaired) electrons. The van der Waals surface area contributed by atoms with Crippen LogP contribution in [0.25, 0.3) is 0 Å². The van der Waals surface area contributed by atoms with Gasteiger partial charge in [0.25, 0.3) is 5.91 Å². The van der Waals surface area contributed by atoms with E-state index in [1.54, 1.807) is 16.2 Å². The molecule has 0 N–H and O–H groups in total. The van der Waals surface area contributed by atoms with Crippen molar-refractivity contribution in [1.82, 2.24) is 9.80 Å². The van der Waals surface area contributed by atoms with Crippen LogP contribution < -0.4 is 0 Å². The second-order valence-corrected chi connectivity index (χ2v) is 6.43. The molecule has 3 heterocycles. The van der Waals surface area contributed by atoms with Crippen molar-refractivity contribution in [3.05, 3.63) is 50.4 Å². The molecule has 3 rings (SSSR count). The fraction of sp³-hybridized carbons (Fsp3) is 0.400. The molecule has 0 aromatic carbocycles. The molecule has 2 aromatic heterocycles. The fourth-order valence-corrected chi connectivity index (χ4v) is 3.40. The van der Waals surface area contributed by atoms with Crippen molar-refractivity contribution in [2.75, 3.05) is 26.2 Å². The van der Waals surface area contributed by atoms with Gasteiger partial charge in [-0.1, -0.05) is 6.07 Å². The number of amides is 1. The first-order valence-corrected chi connectivity index (χ1v) is 8.29. The number of rotatable bonds is 4. The highest BCUT2D eigenvalue weighted by Gasteiger charge is 2.24. The lowest BCUT2D eigenvalue weighted by molar-refractivity contribution is -0.402. The first kappa shape index (κ1) is 15.7. The summed E-state index contributed by atoms with van der Waals surface area (Å²) in [7, 11) is 0. The molecule has 0 bridgehead atoms. The summed E-state index contributed by atoms with van der Waals surface area (Å²) in [6.07, 6.45) is 0.875. The van der Waals surface area contributed by atoms with Gasteiger partial charge in [0, 0.05) is 37.6 Å². The van der Waals surface area contributed by atoms with Crippen LogP contribution in [-0.4, -0.2) is 46.8 Å². The Bertz CT molecular complexity index is 683. The van der Waals surface area contributed by atoms with Crippen molar-refractivity contribution in [1.29, 1.82) is 0 Å². The lowest BCUT2D eigenvalue weighted by atomic mass is 10.3. The van der Waals surface area contributed by atoms with Gasteiger partial charge in [0.15, 0.2) is 5.76 Å². The molecule has 23 heavy (non-hydrogen) atoms. The molecule has 122 valence electrons. The molecule has 1 amide bonds. The first-order valence-electron chi connectivity index (χ1n) is 7.42. The van der Waals surface area contributed by atoms with Crippen molar-refractivity contribution < 1.29 is 14.1 Å². The van der Waals surface area contributed by atoms with Gasteiger partial charge >= 0.3 is 5.88 Å². The fourth-order valence-electron chi connectivity index (χ4n) is 2.65. The molecule has 7 nitrogen and oxygen atoms in total. The first-order chi connectivity index (χ1) is 11.1. The topological polar surface area (TPSA) is 79.8 Å². The van der Waals surface area contributed by atoms with E-state index in [0.29, 0.717) is 13.1 Å². The minimum atomic E-state index is -0.637. The van der Waals surface area contributed by atoms with Gasteiger partial charge in [-0.2, -0.15) is 0 Å². The lowest BCUT2D eigenvalue weighted by Gasteiger charge is -2.20. The average Bonchev–Trinajstić information content (AvgIpc) is 3.16.